The van der Waals surface area contributed by atoms with Crippen molar-refractivity contribution in [2.24, 2.45) is 0 Å². The first-order valence-electron chi connectivity index (χ1n) is 5.01. The van der Waals surface area contributed by atoms with E-state index in [0.717, 1.165) is 23.0 Å². The molecular weight excluding hydrogens is 236 g/mol. The molecule has 0 radical (unpaired) electrons. The topological polar surface area (TPSA) is 58.9 Å². The summed E-state index contributed by atoms with van der Waals surface area (Å²) in [7, 11) is 0. The first kappa shape index (κ1) is 12.0. The first-order valence-corrected chi connectivity index (χ1v) is 7.32. The van der Waals surface area contributed by atoms with E-state index >= 15 is 0 Å². The second-order valence-corrected chi connectivity index (χ2v) is 5.85. The second kappa shape index (κ2) is 5.25. The Hall–Kier alpha value is 0.540. The maximum Gasteiger partial charge on any atom is 0.187 e. The highest BCUT2D eigenvalue weighted by molar-refractivity contribution is 8.00. The summed E-state index contributed by atoms with van der Waals surface area (Å²) in [5.41, 5.74) is 0. The van der Waals surface area contributed by atoms with Gasteiger partial charge in [0.15, 0.2) is 5.79 Å². The zero-order valence-corrected chi connectivity index (χ0v) is 10.1. The zero-order valence-electron chi connectivity index (χ0n) is 8.42. The van der Waals surface area contributed by atoms with Crippen LogP contribution in [0.3, 0.4) is 0 Å². The summed E-state index contributed by atoms with van der Waals surface area (Å²) in [6.45, 7) is 0.0686. The molecule has 0 aromatic heterocycles. The normalized spacial score (nSPS) is 42.0. The minimum Gasteiger partial charge on any atom is -0.394 e. The molecule has 0 aromatic rings. The molecule has 0 amide bonds. The van der Waals surface area contributed by atoms with Crippen LogP contribution in [0, 0.1) is 0 Å². The van der Waals surface area contributed by atoms with Gasteiger partial charge in [-0.3, -0.25) is 0 Å². The van der Waals surface area contributed by atoms with Gasteiger partial charge in [0.1, 0.15) is 0 Å². The molecule has 0 aromatic carbocycles. The maximum absolute atomic E-state index is 9.08. The van der Waals surface area contributed by atoms with Crippen molar-refractivity contribution in [3.8, 4) is 0 Å². The van der Waals surface area contributed by atoms with Gasteiger partial charge in [0.2, 0.25) is 0 Å². The van der Waals surface area contributed by atoms with Crippen molar-refractivity contribution in [2.45, 2.75) is 18.0 Å². The predicted octanol–water partition coefficient (Wildman–Crippen LogP) is -0.0687. The lowest BCUT2D eigenvalue weighted by Gasteiger charge is -2.44. The lowest BCUT2D eigenvalue weighted by Crippen LogP contribution is -2.54. The Bertz CT molecular complexity index is 192. The van der Waals surface area contributed by atoms with Crippen molar-refractivity contribution in [3.63, 3.8) is 0 Å². The van der Waals surface area contributed by atoms with E-state index in [0.29, 0.717) is 0 Å². The van der Waals surface area contributed by atoms with Gasteiger partial charge >= 0.3 is 0 Å². The van der Waals surface area contributed by atoms with Gasteiger partial charge in [0.05, 0.1) is 25.4 Å². The predicted molar refractivity (Wildman–Crippen MR) is 61.3 cm³/mol. The summed E-state index contributed by atoms with van der Waals surface area (Å²) in [6.07, 6.45) is -0.274. The lowest BCUT2D eigenvalue weighted by molar-refractivity contribution is -0.259. The Balaban J connectivity index is 1.98. The van der Waals surface area contributed by atoms with Gasteiger partial charge < -0.3 is 19.7 Å². The third-order valence-electron chi connectivity index (χ3n) is 2.42. The van der Waals surface area contributed by atoms with Crippen LogP contribution in [0.4, 0.5) is 0 Å². The summed E-state index contributed by atoms with van der Waals surface area (Å²) in [5.74, 6) is 2.61. The quantitative estimate of drug-likeness (QED) is 0.717. The molecule has 15 heavy (non-hydrogen) atoms. The van der Waals surface area contributed by atoms with Gasteiger partial charge in [-0.25, -0.2) is 0 Å². The summed E-state index contributed by atoms with van der Waals surface area (Å²) in [6, 6.07) is 0. The van der Waals surface area contributed by atoms with E-state index < -0.39 is 5.79 Å². The zero-order chi connectivity index (χ0) is 10.7. The SMILES string of the molecule is OC[C@@H]1CSCC2(CSC[C@H](CO)O2)O1. The highest BCUT2D eigenvalue weighted by Gasteiger charge is 2.43. The van der Waals surface area contributed by atoms with E-state index in [2.05, 4.69) is 0 Å². The van der Waals surface area contributed by atoms with E-state index in [4.69, 9.17) is 19.7 Å². The van der Waals surface area contributed by atoms with Crippen LogP contribution in [0.1, 0.15) is 0 Å². The fourth-order valence-corrected chi connectivity index (χ4v) is 4.09. The van der Waals surface area contributed by atoms with Gasteiger partial charge in [-0.1, -0.05) is 0 Å². The van der Waals surface area contributed by atoms with Crippen molar-refractivity contribution in [3.05, 3.63) is 0 Å². The number of rotatable bonds is 2. The Morgan fingerprint density at radius 1 is 1.00 bits per heavy atom. The molecule has 1 spiro atoms. The van der Waals surface area contributed by atoms with Gasteiger partial charge in [-0.05, 0) is 0 Å². The standard InChI is InChI=1S/C9H16O4S2/c10-1-7-3-14-5-9(12-7)6-15-4-8(2-11)13-9/h7-8,10-11H,1-6H2/t7-,8+,9?. The highest BCUT2D eigenvalue weighted by atomic mass is 32.2. The molecule has 2 aliphatic heterocycles. The molecule has 1 unspecified atom stereocenters. The molecule has 88 valence electrons. The molecule has 2 rings (SSSR count). The van der Waals surface area contributed by atoms with E-state index in [-0.39, 0.29) is 25.4 Å². The lowest BCUT2D eigenvalue weighted by atomic mass is 10.3. The van der Waals surface area contributed by atoms with Crippen LogP contribution in [0.25, 0.3) is 0 Å². The largest absolute Gasteiger partial charge is 0.394 e. The van der Waals surface area contributed by atoms with Crippen LogP contribution in [0.15, 0.2) is 0 Å². The van der Waals surface area contributed by atoms with Crippen molar-refractivity contribution in [1.29, 1.82) is 0 Å². The minimum atomic E-state index is -0.591. The summed E-state index contributed by atoms with van der Waals surface area (Å²) >= 11 is 3.48. The molecule has 0 bridgehead atoms. The number of hydrogen-bond acceptors (Lipinski definition) is 6. The molecule has 0 aliphatic carbocycles. The van der Waals surface area contributed by atoms with Crippen LogP contribution in [-0.4, -0.2) is 64.4 Å². The average Bonchev–Trinajstić information content (AvgIpc) is 2.29. The monoisotopic (exact) mass is 252 g/mol. The summed E-state index contributed by atoms with van der Waals surface area (Å²) in [4.78, 5) is 0. The summed E-state index contributed by atoms with van der Waals surface area (Å²) in [5, 5.41) is 18.2. The number of aliphatic hydroxyl groups is 2. The van der Waals surface area contributed by atoms with Crippen LogP contribution in [0.5, 0.6) is 0 Å². The number of ether oxygens (including phenoxy) is 2. The van der Waals surface area contributed by atoms with Crippen LogP contribution in [0.2, 0.25) is 0 Å². The van der Waals surface area contributed by atoms with E-state index in [1.165, 1.54) is 0 Å². The van der Waals surface area contributed by atoms with E-state index in [1.54, 1.807) is 23.5 Å². The fourth-order valence-electron chi connectivity index (χ4n) is 1.75. The Labute approximate surface area is 97.7 Å². The van der Waals surface area contributed by atoms with Crippen LogP contribution < -0.4 is 0 Å². The second-order valence-electron chi connectivity index (χ2n) is 3.79. The molecule has 2 heterocycles. The van der Waals surface area contributed by atoms with Crippen molar-refractivity contribution in [1.82, 2.24) is 0 Å². The molecule has 4 nitrogen and oxygen atoms in total. The van der Waals surface area contributed by atoms with Gasteiger partial charge in [-0.15, -0.1) is 0 Å². The molecule has 3 atom stereocenters. The van der Waals surface area contributed by atoms with Crippen molar-refractivity contribution < 1.29 is 19.7 Å². The number of thioether (sulfide) groups is 2. The maximum atomic E-state index is 9.08. The molecular formula is C9H16O4S2. The van der Waals surface area contributed by atoms with Gasteiger partial charge in [0, 0.05) is 23.0 Å². The molecule has 2 saturated heterocycles. The summed E-state index contributed by atoms with van der Waals surface area (Å²) < 4.78 is 11.5. The Morgan fingerprint density at radius 2 is 1.47 bits per heavy atom. The number of hydrogen-bond donors (Lipinski definition) is 2. The molecule has 2 N–H and O–H groups in total. The van der Waals surface area contributed by atoms with Crippen LogP contribution in [-0.2, 0) is 9.47 Å². The molecule has 2 fully saturated rings. The average molecular weight is 252 g/mol. The number of aliphatic hydroxyl groups excluding tert-OH is 2. The van der Waals surface area contributed by atoms with Crippen molar-refractivity contribution >= 4 is 23.5 Å². The molecule has 6 heteroatoms. The van der Waals surface area contributed by atoms with Gasteiger partial charge in [0.25, 0.3) is 0 Å². The third-order valence-corrected chi connectivity index (χ3v) is 4.92. The van der Waals surface area contributed by atoms with Gasteiger partial charge in [-0.2, -0.15) is 23.5 Å². The molecule has 2 aliphatic rings. The minimum absolute atomic E-state index is 0.0343. The first-order chi connectivity index (χ1) is 7.28. The van der Waals surface area contributed by atoms with E-state index in [1.807, 2.05) is 0 Å². The van der Waals surface area contributed by atoms with Crippen molar-refractivity contribution in [2.75, 3.05) is 36.2 Å². The molecule has 0 saturated carbocycles. The van der Waals surface area contributed by atoms with Crippen LogP contribution >= 0.6 is 23.5 Å². The smallest absolute Gasteiger partial charge is 0.187 e. The third kappa shape index (κ3) is 2.81. The highest BCUT2D eigenvalue weighted by Crippen LogP contribution is 2.36. The van der Waals surface area contributed by atoms with E-state index in [9.17, 15) is 0 Å². The fraction of sp³-hybridized carbons (Fsp3) is 1.00. The Morgan fingerprint density at radius 3 is 1.87 bits per heavy atom. The Kier molecular flexibility index (Phi) is 4.20.